The molecule has 0 unspecified atom stereocenters. The van der Waals surface area contributed by atoms with Crippen LogP contribution >= 0.6 is 23.1 Å². The maximum Gasteiger partial charge on any atom is 0.256 e. The molecule has 0 radical (unpaired) electrons. The lowest BCUT2D eigenvalue weighted by Crippen LogP contribution is -2.39. The summed E-state index contributed by atoms with van der Waals surface area (Å²) in [4.78, 5) is 20.6. The first-order valence-electron chi connectivity index (χ1n) is 9.01. The Balaban J connectivity index is 1.47. The van der Waals surface area contributed by atoms with Crippen molar-refractivity contribution < 1.29 is 4.79 Å². The van der Waals surface area contributed by atoms with E-state index in [2.05, 4.69) is 35.3 Å². The maximum absolute atomic E-state index is 13.2. The SMILES string of the molecule is CSc1sc2ncccc2c1C(=O)N1CCC(Cc2ccccc2)CC1. The van der Waals surface area contributed by atoms with Crippen molar-refractivity contribution >= 4 is 39.2 Å². The molecule has 2 aromatic heterocycles. The number of thiophene rings is 1. The van der Waals surface area contributed by atoms with Crippen molar-refractivity contribution in [2.75, 3.05) is 19.3 Å². The molecule has 26 heavy (non-hydrogen) atoms. The second-order valence-corrected chi connectivity index (χ2v) is 8.82. The molecule has 1 saturated heterocycles. The highest BCUT2D eigenvalue weighted by molar-refractivity contribution is 8.00. The molecule has 4 rings (SSSR count). The Hall–Kier alpha value is -1.85. The van der Waals surface area contributed by atoms with Crippen LogP contribution in [-0.2, 0) is 6.42 Å². The average molecular weight is 383 g/mol. The molecule has 134 valence electrons. The van der Waals surface area contributed by atoms with Crippen LogP contribution in [0, 0.1) is 5.92 Å². The average Bonchev–Trinajstić information content (AvgIpc) is 3.07. The lowest BCUT2D eigenvalue weighted by atomic mass is 9.90. The van der Waals surface area contributed by atoms with Gasteiger partial charge < -0.3 is 4.90 Å². The molecule has 1 aliphatic rings. The molecule has 1 fully saturated rings. The van der Waals surface area contributed by atoms with Crippen LogP contribution in [0.25, 0.3) is 10.2 Å². The van der Waals surface area contributed by atoms with E-state index >= 15 is 0 Å². The number of piperidine rings is 1. The minimum Gasteiger partial charge on any atom is -0.339 e. The zero-order chi connectivity index (χ0) is 17.9. The highest BCUT2D eigenvalue weighted by Gasteiger charge is 2.27. The van der Waals surface area contributed by atoms with Crippen LogP contribution in [-0.4, -0.2) is 35.1 Å². The number of benzene rings is 1. The van der Waals surface area contributed by atoms with Gasteiger partial charge in [-0.3, -0.25) is 4.79 Å². The van der Waals surface area contributed by atoms with Crippen molar-refractivity contribution in [2.45, 2.75) is 23.5 Å². The van der Waals surface area contributed by atoms with Gasteiger partial charge in [0.1, 0.15) is 4.83 Å². The smallest absolute Gasteiger partial charge is 0.256 e. The summed E-state index contributed by atoms with van der Waals surface area (Å²) in [6.45, 7) is 1.70. The molecule has 3 heterocycles. The summed E-state index contributed by atoms with van der Waals surface area (Å²) in [5.41, 5.74) is 2.25. The Bertz CT molecular complexity index is 899. The fourth-order valence-corrected chi connectivity index (χ4v) is 5.54. The molecule has 1 amide bonds. The van der Waals surface area contributed by atoms with Gasteiger partial charge in [0.25, 0.3) is 5.91 Å². The van der Waals surface area contributed by atoms with E-state index in [9.17, 15) is 4.79 Å². The Labute approximate surface area is 162 Å². The zero-order valence-corrected chi connectivity index (χ0v) is 16.5. The normalized spacial score (nSPS) is 15.5. The molecule has 1 aliphatic heterocycles. The highest BCUT2D eigenvalue weighted by atomic mass is 32.2. The minimum absolute atomic E-state index is 0.173. The first-order valence-corrected chi connectivity index (χ1v) is 11.0. The van der Waals surface area contributed by atoms with Gasteiger partial charge in [0.2, 0.25) is 0 Å². The number of hydrogen-bond acceptors (Lipinski definition) is 4. The lowest BCUT2D eigenvalue weighted by molar-refractivity contribution is 0.0690. The zero-order valence-electron chi connectivity index (χ0n) is 14.9. The third-order valence-corrected chi connectivity index (χ3v) is 7.34. The van der Waals surface area contributed by atoms with E-state index in [-0.39, 0.29) is 5.91 Å². The predicted molar refractivity (Wildman–Crippen MR) is 110 cm³/mol. The Kier molecular flexibility index (Phi) is 5.27. The van der Waals surface area contributed by atoms with E-state index < -0.39 is 0 Å². The summed E-state index contributed by atoms with van der Waals surface area (Å²) in [5, 5.41) is 0.998. The fraction of sp³-hybridized carbons (Fsp3) is 0.333. The summed E-state index contributed by atoms with van der Waals surface area (Å²) in [7, 11) is 0. The maximum atomic E-state index is 13.2. The molecular formula is C21H22N2OS2. The van der Waals surface area contributed by atoms with E-state index in [1.165, 1.54) is 5.56 Å². The molecule has 0 bridgehead atoms. The van der Waals surface area contributed by atoms with Gasteiger partial charge in [-0.15, -0.1) is 23.1 Å². The van der Waals surface area contributed by atoms with Gasteiger partial charge in [-0.1, -0.05) is 30.3 Å². The fourth-order valence-electron chi connectivity index (χ4n) is 3.70. The van der Waals surface area contributed by atoms with Gasteiger partial charge in [-0.2, -0.15) is 0 Å². The van der Waals surface area contributed by atoms with Crippen molar-refractivity contribution in [3.63, 3.8) is 0 Å². The number of rotatable bonds is 4. The van der Waals surface area contributed by atoms with Gasteiger partial charge in [0.15, 0.2) is 0 Å². The van der Waals surface area contributed by atoms with Crippen LogP contribution in [0.4, 0.5) is 0 Å². The molecule has 1 aromatic carbocycles. The number of likely N-dealkylation sites (tertiary alicyclic amines) is 1. The Morgan fingerprint density at radius 1 is 1.19 bits per heavy atom. The van der Waals surface area contributed by atoms with Crippen molar-refractivity contribution in [3.8, 4) is 0 Å². The number of nitrogens with zero attached hydrogens (tertiary/aromatic N) is 2. The number of hydrogen-bond donors (Lipinski definition) is 0. The summed E-state index contributed by atoms with van der Waals surface area (Å²) in [5.74, 6) is 0.842. The number of fused-ring (bicyclic) bond motifs is 1. The van der Waals surface area contributed by atoms with Crippen LogP contribution < -0.4 is 0 Å². The molecule has 0 atom stereocenters. The predicted octanol–water partition coefficient (Wildman–Crippen LogP) is 5.11. The van der Waals surface area contributed by atoms with E-state index in [1.807, 2.05) is 23.3 Å². The second kappa shape index (κ2) is 7.80. The van der Waals surface area contributed by atoms with Crippen molar-refractivity contribution in [2.24, 2.45) is 5.92 Å². The summed E-state index contributed by atoms with van der Waals surface area (Å²) >= 11 is 3.27. The topological polar surface area (TPSA) is 33.2 Å². The van der Waals surface area contributed by atoms with Gasteiger partial charge in [0, 0.05) is 24.7 Å². The van der Waals surface area contributed by atoms with Crippen LogP contribution in [0.15, 0.2) is 52.9 Å². The third-order valence-electron chi connectivity index (χ3n) is 5.10. The molecule has 0 N–H and O–H groups in total. The standard InChI is InChI=1S/C21H22N2OS2/c1-25-21-18(17-8-5-11-22-19(17)26-21)20(24)23-12-9-16(10-13-23)14-15-6-3-2-4-7-15/h2-8,11,16H,9-10,12-14H2,1H3. The van der Waals surface area contributed by atoms with E-state index in [1.54, 1.807) is 29.3 Å². The first kappa shape index (κ1) is 17.6. The van der Waals surface area contributed by atoms with Crippen LogP contribution in [0.2, 0.25) is 0 Å². The van der Waals surface area contributed by atoms with Gasteiger partial charge in [0.05, 0.1) is 9.77 Å². The number of amides is 1. The number of carbonyl (C=O) groups is 1. The number of carbonyl (C=O) groups excluding carboxylic acids is 1. The lowest BCUT2D eigenvalue weighted by Gasteiger charge is -2.32. The Morgan fingerprint density at radius 2 is 1.96 bits per heavy atom. The number of thioether (sulfide) groups is 1. The van der Waals surface area contributed by atoms with Crippen molar-refractivity contribution in [1.82, 2.24) is 9.88 Å². The largest absolute Gasteiger partial charge is 0.339 e. The third kappa shape index (κ3) is 3.51. The molecular weight excluding hydrogens is 360 g/mol. The van der Waals surface area contributed by atoms with E-state index in [4.69, 9.17) is 0 Å². The van der Waals surface area contributed by atoms with Gasteiger partial charge in [-0.25, -0.2) is 4.98 Å². The van der Waals surface area contributed by atoms with E-state index in [0.717, 1.165) is 52.3 Å². The van der Waals surface area contributed by atoms with Crippen molar-refractivity contribution in [3.05, 3.63) is 59.8 Å². The van der Waals surface area contributed by atoms with Crippen LogP contribution in [0.3, 0.4) is 0 Å². The van der Waals surface area contributed by atoms with E-state index in [0.29, 0.717) is 5.92 Å². The molecule has 3 aromatic rings. The first-order chi connectivity index (χ1) is 12.8. The van der Waals surface area contributed by atoms with Gasteiger partial charge in [-0.05, 0) is 49.1 Å². The minimum atomic E-state index is 0.173. The van der Waals surface area contributed by atoms with Crippen molar-refractivity contribution in [1.29, 1.82) is 0 Å². The summed E-state index contributed by atoms with van der Waals surface area (Å²) in [6.07, 6.45) is 7.11. The quantitative estimate of drug-likeness (QED) is 0.588. The second-order valence-electron chi connectivity index (χ2n) is 6.75. The number of aromatic nitrogens is 1. The van der Waals surface area contributed by atoms with Crippen LogP contribution in [0.1, 0.15) is 28.8 Å². The summed E-state index contributed by atoms with van der Waals surface area (Å²) in [6, 6.07) is 14.6. The Morgan fingerprint density at radius 3 is 2.69 bits per heavy atom. The molecule has 0 saturated carbocycles. The van der Waals surface area contributed by atoms with Crippen LogP contribution in [0.5, 0.6) is 0 Å². The van der Waals surface area contributed by atoms with Gasteiger partial charge >= 0.3 is 0 Å². The molecule has 0 spiro atoms. The summed E-state index contributed by atoms with van der Waals surface area (Å²) < 4.78 is 1.08. The highest BCUT2D eigenvalue weighted by Crippen LogP contribution is 2.37. The number of pyridine rings is 1. The molecule has 0 aliphatic carbocycles. The monoisotopic (exact) mass is 382 g/mol. The molecule has 3 nitrogen and oxygen atoms in total. The molecule has 5 heteroatoms.